The Balaban J connectivity index is 1.66. The zero-order valence-corrected chi connectivity index (χ0v) is 16.9. The van der Waals surface area contributed by atoms with Crippen LogP contribution in [0.5, 0.6) is 0 Å². The number of carbonyl (C=O) groups excluding carboxylic acids is 2. The molecule has 1 atom stereocenters. The minimum atomic E-state index is -0.359. The summed E-state index contributed by atoms with van der Waals surface area (Å²) in [5, 5.41) is 0. The van der Waals surface area contributed by atoms with Gasteiger partial charge in [0.1, 0.15) is 0 Å². The van der Waals surface area contributed by atoms with E-state index >= 15 is 0 Å². The second-order valence-electron chi connectivity index (χ2n) is 8.35. The molecule has 2 saturated heterocycles. The Labute approximate surface area is 163 Å². The minimum Gasteiger partial charge on any atom is -0.341 e. The topological polar surface area (TPSA) is 40.6 Å². The third kappa shape index (κ3) is 4.26. The quantitative estimate of drug-likeness (QED) is 0.734. The van der Waals surface area contributed by atoms with Crippen LogP contribution < -0.4 is 0 Å². The second kappa shape index (κ2) is 8.28. The molecule has 0 aromatic heterocycles. The Morgan fingerprint density at radius 1 is 1.19 bits per heavy atom. The summed E-state index contributed by atoms with van der Waals surface area (Å²) < 4.78 is 0. The standard InChI is InChI=1S/C23H32N2O2/c1-4-5-7-21(26)25-15-13-23(17-25)12-6-14-24(22(23)27)16-19-8-10-20(11-9-19)18(2)3/h4-5,8-11,18H,6-7,12-17H2,1-3H3/b5-4+/t23-/m0/s1. The van der Waals surface area contributed by atoms with Crippen LogP contribution in [-0.4, -0.2) is 41.2 Å². The van der Waals surface area contributed by atoms with Crippen molar-refractivity contribution >= 4 is 11.8 Å². The molecule has 0 aliphatic carbocycles. The van der Waals surface area contributed by atoms with Gasteiger partial charge in [-0.1, -0.05) is 50.3 Å². The molecule has 1 spiro atoms. The van der Waals surface area contributed by atoms with Crippen molar-refractivity contribution in [3.8, 4) is 0 Å². The third-order valence-corrected chi connectivity index (χ3v) is 6.08. The lowest BCUT2D eigenvalue weighted by atomic mass is 9.78. The molecule has 27 heavy (non-hydrogen) atoms. The van der Waals surface area contributed by atoms with Gasteiger partial charge in [-0.25, -0.2) is 0 Å². The van der Waals surface area contributed by atoms with Crippen molar-refractivity contribution < 1.29 is 9.59 Å². The fourth-order valence-corrected chi connectivity index (χ4v) is 4.34. The second-order valence-corrected chi connectivity index (χ2v) is 8.35. The minimum absolute atomic E-state index is 0.138. The van der Waals surface area contributed by atoms with E-state index in [1.165, 1.54) is 11.1 Å². The average Bonchev–Trinajstić information content (AvgIpc) is 3.09. The lowest BCUT2D eigenvalue weighted by molar-refractivity contribution is -0.146. The van der Waals surface area contributed by atoms with Crippen LogP contribution in [0.25, 0.3) is 0 Å². The molecule has 2 heterocycles. The van der Waals surface area contributed by atoms with Crippen LogP contribution >= 0.6 is 0 Å². The van der Waals surface area contributed by atoms with E-state index in [2.05, 4.69) is 38.1 Å². The number of likely N-dealkylation sites (tertiary alicyclic amines) is 2. The predicted octanol–water partition coefficient (Wildman–Crippen LogP) is 4.12. The molecular weight excluding hydrogens is 336 g/mol. The summed E-state index contributed by atoms with van der Waals surface area (Å²) in [5.74, 6) is 0.894. The molecule has 0 saturated carbocycles. The van der Waals surface area contributed by atoms with E-state index in [4.69, 9.17) is 0 Å². The fourth-order valence-electron chi connectivity index (χ4n) is 4.34. The maximum absolute atomic E-state index is 13.3. The Bertz CT molecular complexity index is 708. The van der Waals surface area contributed by atoms with E-state index in [1.807, 2.05) is 28.9 Å². The highest BCUT2D eigenvalue weighted by Gasteiger charge is 2.49. The van der Waals surface area contributed by atoms with Gasteiger partial charge in [0.05, 0.1) is 5.41 Å². The van der Waals surface area contributed by atoms with Gasteiger partial charge < -0.3 is 9.80 Å². The number of carbonyl (C=O) groups is 2. The molecular formula is C23H32N2O2. The highest BCUT2D eigenvalue weighted by molar-refractivity contribution is 5.86. The van der Waals surface area contributed by atoms with E-state index in [0.29, 0.717) is 32.0 Å². The molecule has 2 aliphatic rings. The monoisotopic (exact) mass is 368 g/mol. The number of nitrogens with zero attached hydrogens (tertiary/aromatic N) is 2. The largest absolute Gasteiger partial charge is 0.341 e. The van der Waals surface area contributed by atoms with Crippen molar-refractivity contribution in [3.63, 3.8) is 0 Å². The van der Waals surface area contributed by atoms with Gasteiger partial charge in [0.25, 0.3) is 0 Å². The molecule has 1 aromatic carbocycles. The summed E-state index contributed by atoms with van der Waals surface area (Å²) in [7, 11) is 0. The third-order valence-electron chi connectivity index (χ3n) is 6.08. The van der Waals surface area contributed by atoms with E-state index in [0.717, 1.165) is 25.8 Å². The highest BCUT2D eigenvalue weighted by atomic mass is 16.2. The lowest BCUT2D eigenvalue weighted by Gasteiger charge is -2.39. The SMILES string of the molecule is C/C=C/CC(=O)N1CC[C@@]2(CCCN(Cc3ccc(C(C)C)cc3)C2=O)C1. The van der Waals surface area contributed by atoms with Crippen LogP contribution in [0.15, 0.2) is 36.4 Å². The van der Waals surface area contributed by atoms with Crippen molar-refractivity contribution in [3.05, 3.63) is 47.5 Å². The van der Waals surface area contributed by atoms with Gasteiger partial charge in [0.2, 0.25) is 11.8 Å². The number of allylic oxidation sites excluding steroid dienone is 1. The number of piperidine rings is 1. The van der Waals surface area contributed by atoms with Crippen molar-refractivity contribution in [2.75, 3.05) is 19.6 Å². The highest BCUT2D eigenvalue weighted by Crippen LogP contribution is 2.40. The number of hydrogen-bond donors (Lipinski definition) is 0. The van der Waals surface area contributed by atoms with Crippen molar-refractivity contribution in [2.45, 2.75) is 58.9 Å². The van der Waals surface area contributed by atoms with Crippen molar-refractivity contribution in [2.24, 2.45) is 5.41 Å². The van der Waals surface area contributed by atoms with Crippen molar-refractivity contribution in [1.82, 2.24) is 9.80 Å². The smallest absolute Gasteiger partial charge is 0.230 e. The molecule has 2 fully saturated rings. The maximum Gasteiger partial charge on any atom is 0.230 e. The number of hydrogen-bond acceptors (Lipinski definition) is 2. The number of benzene rings is 1. The van der Waals surface area contributed by atoms with E-state index in [-0.39, 0.29) is 17.2 Å². The summed E-state index contributed by atoms with van der Waals surface area (Å²) in [6.07, 6.45) is 6.96. The molecule has 4 nitrogen and oxygen atoms in total. The fraction of sp³-hybridized carbons (Fsp3) is 0.565. The van der Waals surface area contributed by atoms with Crippen LogP contribution in [0.3, 0.4) is 0 Å². The first kappa shape index (κ1) is 19.7. The van der Waals surface area contributed by atoms with Crippen LogP contribution in [0.4, 0.5) is 0 Å². The first-order valence-electron chi connectivity index (χ1n) is 10.2. The maximum atomic E-state index is 13.3. The number of rotatable bonds is 5. The Kier molecular flexibility index (Phi) is 6.03. The van der Waals surface area contributed by atoms with Gasteiger partial charge in [-0.2, -0.15) is 0 Å². The summed E-state index contributed by atoms with van der Waals surface area (Å²) in [6, 6.07) is 8.62. The zero-order chi connectivity index (χ0) is 19.4. The summed E-state index contributed by atoms with van der Waals surface area (Å²) >= 11 is 0. The van der Waals surface area contributed by atoms with Gasteiger partial charge in [-0.05, 0) is 43.2 Å². The Morgan fingerprint density at radius 2 is 1.93 bits per heavy atom. The van der Waals surface area contributed by atoms with Crippen molar-refractivity contribution in [1.29, 1.82) is 0 Å². The Morgan fingerprint density at radius 3 is 2.59 bits per heavy atom. The molecule has 2 amide bonds. The van der Waals surface area contributed by atoms with E-state index in [9.17, 15) is 9.59 Å². The van der Waals surface area contributed by atoms with E-state index in [1.54, 1.807) is 0 Å². The Hall–Kier alpha value is -2.10. The summed E-state index contributed by atoms with van der Waals surface area (Å²) in [4.78, 5) is 29.5. The number of amides is 2. The van der Waals surface area contributed by atoms with Crippen LogP contribution in [0.1, 0.15) is 63.5 Å². The van der Waals surface area contributed by atoms with Gasteiger partial charge >= 0.3 is 0 Å². The molecule has 0 unspecified atom stereocenters. The predicted molar refractivity (Wildman–Crippen MR) is 108 cm³/mol. The molecule has 0 bridgehead atoms. The lowest BCUT2D eigenvalue weighted by Crippen LogP contribution is -2.50. The zero-order valence-electron chi connectivity index (χ0n) is 16.9. The molecule has 1 aromatic rings. The van der Waals surface area contributed by atoms with Crippen LogP contribution in [0.2, 0.25) is 0 Å². The summed E-state index contributed by atoms with van der Waals surface area (Å²) in [6.45, 7) is 9.09. The molecule has 0 radical (unpaired) electrons. The molecule has 146 valence electrons. The molecule has 2 aliphatic heterocycles. The summed E-state index contributed by atoms with van der Waals surface area (Å²) in [5.41, 5.74) is 2.15. The molecule has 0 N–H and O–H groups in total. The van der Waals surface area contributed by atoms with E-state index < -0.39 is 0 Å². The molecule has 4 heteroatoms. The van der Waals surface area contributed by atoms with Crippen LogP contribution in [-0.2, 0) is 16.1 Å². The molecule has 3 rings (SSSR count). The van der Waals surface area contributed by atoms with Gasteiger partial charge in [0.15, 0.2) is 0 Å². The van der Waals surface area contributed by atoms with Gasteiger partial charge in [-0.15, -0.1) is 0 Å². The normalized spacial score (nSPS) is 23.2. The first-order chi connectivity index (χ1) is 12.9. The average molecular weight is 369 g/mol. The first-order valence-corrected chi connectivity index (χ1v) is 10.2. The van der Waals surface area contributed by atoms with Crippen LogP contribution in [0, 0.1) is 5.41 Å². The van der Waals surface area contributed by atoms with Gasteiger partial charge in [0, 0.05) is 32.6 Å². The van der Waals surface area contributed by atoms with Gasteiger partial charge in [-0.3, -0.25) is 9.59 Å².